The average molecular weight is 602 g/mol. The second kappa shape index (κ2) is 9.43. The molecular weight excluding hydrogens is 582 g/mol. The van der Waals surface area contributed by atoms with Gasteiger partial charge in [0.05, 0.1) is 0 Å². The number of halogens is 2. The molecule has 0 heterocycles. The van der Waals surface area contributed by atoms with E-state index in [2.05, 4.69) is 106 Å². The van der Waals surface area contributed by atoms with Gasteiger partial charge in [-0.15, -0.1) is 0 Å². The van der Waals surface area contributed by atoms with E-state index in [0.717, 1.165) is 28.2 Å². The van der Waals surface area contributed by atoms with E-state index in [9.17, 15) is 4.79 Å². The average Bonchev–Trinajstić information content (AvgIpc) is 2.68. The lowest BCUT2D eigenvalue weighted by Crippen LogP contribution is -2.13. The first-order valence-electron chi connectivity index (χ1n) is 8.68. The molecule has 0 bridgehead atoms. The molecule has 0 unspecified atom stereocenters. The van der Waals surface area contributed by atoms with Crippen LogP contribution in [-0.4, -0.2) is 5.97 Å². The standard InChI is InChI=1S/C22H20I2O2S/c1-2-6-22(25)26-27(19-7-4-3-5-8-19,20-13-9-17(23)10-14-20)21-15-11-18(24)12-16-21/h3-5,7-16H,2,6H2,1H3. The molecule has 0 aliphatic carbocycles. The van der Waals surface area contributed by atoms with Gasteiger partial charge in [0.15, 0.2) is 0 Å². The summed E-state index contributed by atoms with van der Waals surface area (Å²) in [6.07, 6.45) is 1.18. The molecule has 140 valence electrons. The number of hydrogen-bond acceptors (Lipinski definition) is 2. The van der Waals surface area contributed by atoms with Crippen LogP contribution < -0.4 is 0 Å². The summed E-state index contributed by atoms with van der Waals surface area (Å²) in [7, 11) is -2.14. The third-order valence-corrected chi connectivity index (χ3v) is 8.72. The molecule has 0 saturated carbocycles. The molecule has 0 fully saturated rings. The molecule has 0 atom stereocenters. The molecule has 0 N–H and O–H groups in total. The summed E-state index contributed by atoms with van der Waals surface area (Å²) >= 11 is 4.60. The maximum Gasteiger partial charge on any atom is 0.317 e. The fourth-order valence-corrected chi connectivity index (χ4v) is 6.57. The van der Waals surface area contributed by atoms with Crippen LogP contribution in [0.4, 0.5) is 0 Å². The highest BCUT2D eigenvalue weighted by Crippen LogP contribution is 2.69. The molecule has 0 aliphatic heterocycles. The van der Waals surface area contributed by atoms with Crippen molar-refractivity contribution in [2.45, 2.75) is 34.5 Å². The Hall–Kier alpha value is -1.06. The summed E-state index contributed by atoms with van der Waals surface area (Å²) in [5.41, 5.74) is 0. The van der Waals surface area contributed by atoms with Gasteiger partial charge in [-0.05, 0) is 123 Å². The first-order chi connectivity index (χ1) is 13.1. The normalized spacial score (nSPS) is 11.8. The molecule has 3 aromatic rings. The molecule has 0 aliphatic rings. The Kier molecular flexibility index (Phi) is 7.22. The quantitative estimate of drug-likeness (QED) is 0.275. The maximum atomic E-state index is 12.7. The lowest BCUT2D eigenvalue weighted by Gasteiger charge is -2.39. The Morgan fingerprint density at radius 2 is 1.22 bits per heavy atom. The van der Waals surface area contributed by atoms with E-state index >= 15 is 0 Å². The first-order valence-corrected chi connectivity index (χ1v) is 12.4. The van der Waals surface area contributed by atoms with Gasteiger partial charge in [-0.2, -0.15) is 0 Å². The van der Waals surface area contributed by atoms with E-state index in [0.29, 0.717) is 6.42 Å². The largest absolute Gasteiger partial charge is 0.402 e. The second-order valence-corrected chi connectivity index (χ2v) is 11.2. The van der Waals surface area contributed by atoms with Gasteiger partial charge in [0.2, 0.25) is 0 Å². The van der Waals surface area contributed by atoms with Crippen molar-refractivity contribution in [3.05, 3.63) is 86.0 Å². The summed E-state index contributed by atoms with van der Waals surface area (Å²) in [5, 5.41) is 0. The highest BCUT2D eigenvalue weighted by Gasteiger charge is 2.35. The molecule has 3 rings (SSSR count). The lowest BCUT2D eigenvalue weighted by atomic mass is 10.3. The van der Waals surface area contributed by atoms with Gasteiger partial charge in [0.1, 0.15) is 0 Å². The molecule has 5 heteroatoms. The van der Waals surface area contributed by atoms with Gasteiger partial charge in [0, 0.05) is 28.2 Å². The first kappa shape index (κ1) is 20.7. The summed E-state index contributed by atoms with van der Waals surface area (Å²) in [6, 6.07) is 26.7. The van der Waals surface area contributed by atoms with Crippen LogP contribution >= 0.6 is 55.5 Å². The van der Waals surface area contributed by atoms with Crippen molar-refractivity contribution in [3.8, 4) is 0 Å². The van der Waals surface area contributed by atoms with Gasteiger partial charge < -0.3 is 4.18 Å². The summed E-state index contributed by atoms with van der Waals surface area (Å²) < 4.78 is 8.66. The zero-order chi connectivity index (χ0) is 19.3. The van der Waals surface area contributed by atoms with Crippen molar-refractivity contribution in [1.82, 2.24) is 0 Å². The topological polar surface area (TPSA) is 26.3 Å². The molecule has 0 radical (unpaired) electrons. The summed E-state index contributed by atoms with van der Waals surface area (Å²) in [5.74, 6) is -0.159. The van der Waals surface area contributed by atoms with Crippen molar-refractivity contribution in [1.29, 1.82) is 0 Å². The molecular formula is C22H20I2O2S. The number of hydrogen-bond donors (Lipinski definition) is 0. The number of carbonyl (C=O) groups excluding carboxylic acids is 1. The van der Waals surface area contributed by atoms with Gasteiger partial charge in [-0.1, -0.05) is 25.1 Å². The van der Waals surface area contributed by atoms with Gasteiger partial charge in [-0.25, -0.2) is 0 Å². The molecule has 27 heavy (non-hydrogen) atoms. The van der Waals surface area contributed by atoms with Crippen LogP contribution in [0.1, 0.15) is 19.8 Å². The molecule has 0 amide bonds. The Morgan fingerprint density at radius 3 is 1.67 bits per heavy atom. The summed E-state index contributed by atoms with van der Waals surface area (Å²) in [4.78, 5) is 15.8. The Bertz CT molecular complexity index is 848. The predicted molar refractivity (Wildman–Crippen MR) is 128 cm³/mol. The molecule has 2 nitrogen and oxygen atoms in total. The van der Waals surface area contributed by atoms with Crippen LogP contribution in [-0.2, 0) is 8.98 Å². The highest BCUT2D eigenvalue weighted by molar-refractivity contribution is 14.1. The minimum absolute atomic E-state index is 0.159. The molecule has 0 spiro atoms. The molecule has 3 aromatic carbocycles. The smallest absolute Gasteiger partial charge is 0.317 e. The third-order valence-electron chi connectivity index (χ3n) is 4.04. The van der Waals surface area contributed by atoms with E-state index < -0.39 is 10.3 Å². The zero-order valence-electron chi connectivity index (χ0n) is 14.9. The second-order valence-electron chi connectivity index (χ2n) is 5.98. The Labute approximate surface area is 189 Å². The summed E-state index contributed by atoms with van der Waals surface area (Å²) in [6.45, 7) is 2.00. The predicted octanol–water partition coefficient (Wildman–Crippen LogP) is 7.44. The van der Waals surface area contributed by atoms with E-state index in [1.54, 1.807) is 0 Å². The van der Waals surface area contributed by atoms with Crippen molar-refractivity contribution >= 4 is 61.5 Å². The Balaban J connectivity index is 2.28. The van der Waals surface area contributed by atoms with Crippen LogP contribution in [0.25, 0.3) is 0 Å². The third kappa shape index (κ3) is 4.68. The Morgan fingerprint density at radius 1 is 0.778 bits per heavy atom. The van der Waals surface area contributed by atoms with Crippen molar-refractivity contribution < 1.29 is 8.98 Å². The number of carbonyl (C=O) groups is 1. The molecule has 0 aromatic heterocycles. The van der Waals surface area contributed by atoms with Gasteiger partial charge >= 0.3 is 5.97 Å². The van der Waals surface area contributed by atoms with Crippen LogP contribution in [0.15, 0.2) is 93.5 Å². The maximum absolute atomic E-state index is 12.7. The number of rotatable bonds is 6. The van der Waals surface area contributed by atoms with Crippen LogP contribution in [0, 0.1) is 7.14 Å². The van der Waals surface area contributed by atoms with E-state index in [1.807, 2.05) is 25.1 Å². The van der Waals surface area contributed by atoms with Gasteiger partial charge in [-0.3, -0.25) is 4.79 Å². The highest BCUT2D eigenvalue weighted by atomic mass is 127. The van der Waals surface area contributed by atoms with Crippen LogP contribution in [0.2, 0.25) is 0 Å². The zero-order valence-corrected chi connectivity index (χ0v) is 20.0. The van der Waals surface area contributed by atoms with Crippen molar-refractivity contribution in [2.24, 2.45) is 0 Å². The van der Waals surface area contributed by atoms with Crippen molar-refractivity contribution in [3.63, 3.8) is 0 Å². The molecule has 0 saturated heterocycles. The van der Waals surface area contributed by atoms with E-state index in [4.69, 9.17) is 4.18 Å². The van der Waals surface area contributed by atoms with Crippen LogP contribution in [0.3, 0.4) is 0 Å². The fourth-order valence-electron chi connectivity index (χ4n) is 2.80. The minimum Gasteiger partial charge on any atom is -0.402 e. The van der Waals surface area contributed by atoms with Crippen molar-refractivity contribution in [2.75, 3.05) is 0 Å². The lowest BCUT2D eigenvalue weighted by molar-refractivity contribution is -0.133. The minimum atomic E-state index is -2.14. The van der Waals surface area contributed by atoms with E-state index in [1.165, 1.54) is 0 Å². The van der Waals surface area contributed by atoms with E-state index in [-0.39, 0.29) is 5.97 Å². The fraction of sp³-hybridized carbons (Fsp3) is 0.136. The monoisotopic (exact) mass is 602 g/mol. The SMILES string of the molecule is CCCC(=O)OS(c1ccccc1)(c1ccc(I)cc1)c1ccc(I)cc1. The van der Waals surface area contributed by atoms with Crippen LogP contribution in [0.5, 0.6) is 0 Å². The van der Waals surface area contributed by atoms with Gasteiger partial charge in [0.25, 0.3) is 0 Å². The number of benzene rings is 3.